The molecule has 0 rings (SSSR count). The first-order valence-corrected chi connectivity index (χ1v) is 4.62. The Morgan fingerprint density at radius 2 is 2.23 bits per heavy atom. The second-order valence-electron chi connectivity index (χ2n) is 3.50. The minimum absolute atomic E-state index is 0.100. The average molecular weight is 184 g/mol. The zero-order valence-electron chi connectivity index (χ0n) is 8.76. The molecule has 13 heavy (non-hydrogen) atoms. The molecule has 1 unspecified atom stereocenters. The number of hydrogen-bond acceptors (Lipinski definition) is 3. The predicted octanol–water partition coefficient (Wildman–Crippen LogP) is 1.05. The molecule has 3 N–H and O–H groups in total. The largest absolute Gasteiger partial charge is 0.374 e. The van der Waals surface area contributed by atoms with Crippen molar-refractivity contribution < 1.29 is 4.74 Å². The van der Waals surface area contributed by atoms with Crippen molar-refractivity contribution in [2.24, 2.45) is 5.84 Å². The number of nitrogens with one attached hydrogen (secondary N) is 1. The fraction of sp³-hybridized carbons (Fsp3) is 0.800. The molecule has 0 bridgehead atoms. The summed E-state index contributed by atoms with van der Waals surface area (Å²) >= 11 is 0. The summed E-state index contributed by atoms with van der Waals surface area (Å²) in [6, 6.07) is 0.100. The Morgan fingerprint density at radius 1 is 1.62 bits per heavy atom. The highest BCUT2D eigenvalue weighted by Gasteiger charge is 2.28. The van der Waals surface area contributed by atoms with Gasteiger partial charge in [-0.1, -0.05) is 0 Å². The van der Waals surface area contributed by atoms with Crippen LogP contribution in [0.25, 0.3) is 0 Å². The van der Waals surface area contributed by atoms with Crippen LogP contribution >= 0.6 is 0 Å². The zero-order valence-corrected chi connectivity index (χ0v) is 8.76. The third-order valence-electron chi connectivity index (χ3n) is 2.13. The van der Waals surface area contributed by atoms with E-state index >= 15 is 0 Å². The molecule has 0 aromatic heterocycles. The van der Waals surface area contributed by atoms with Crippen LogP contribution in [-0.2, 0) is 4.74 Å². The molecule has 0 radical (unpaired) electrons. The minimum atomic E-state index is -0.264. The van der Waals surface area contributed by atoms with Crippen LogP contribution in [0.2, 0.25) is 0 Å². The van der Waals surface area contributed by atoms with Crippen molar-refractivity contribution in [2.45, 2.75) is 45.3 Å². The van der Waals surface area contributed by atoms with Gasteiger partial charge in [0.05, 0.1) is 11.6 Å². The lowest BCUT2D eigenvalue weighted by Crippen LogP contribution is -2.51. The number of terminal acetylenes is 1. The Kier molecular flexibility index (Phi) is 5.72. The Labute approximate surface area is 81.0 Å². The number of hydrogen-bond donors (Lipinski definition) is 2. The Hall–Kier alpha value is -0.560. The summed E-state index contributed by atoms with van der Waals surface area (Å²) < 4.78 is 5.57. The quantitative estimate of drug-likeness (QED) is 0.368. The molecule has 3 nitrogen and oxygen atoms in total. The standard InChI is InChI=1S/C10H20N2O/c1-5-7-8-9(12-11)10(3,4)13-6-2/h1,9,12H,6-8,11H2,2-4H3. The van der Waals surface area contributed by atoms with Gasteiger partial charge in [0.2, 0.25) is 0 Å². The normalized spacial score (nSPS) is 13.8. The van der Waals surface area contributed by atoms with Crippen LogP contribution in [0.1, 0.15) is 33.6 Å². The van der Waals surface area contributed by atoms with Crippen molar-refractivity contribution >= 4 is 0 Å². The van der Waals surface area contributed by atoms with Crippen LogP contribution in [-0.4, -0.2) is 18.2 Å². The second kappa shape index (κ2) is 5.98. The first-order valence-electron chi connectivity index (χ1n) is 4.62. The molecule has 0 aliphatic rings. The molecule has 76 valence electrons. The van der Waals surface area contributed by atoms with Gasteiger partial charge in [-0.2, -0.15) is 0 Å². The molecule has 0 aliphatic carbocycles. The highest BCUT2D eigenvalue weighted by molar-refractivity contribution is 4.90. The summed E-state index contributed by atoms with van der Waals surface area (Å²) in [7, 11) is 0. The molecule has 0 aromatic rings. The summed E-state index contributed by atoms with van der Waals surface area (Å²) in [5, 5.41) is 0. The predicted molar refractivity (Wildman–Crippen MR) is 54.9 cm³/mol. The molecule has 0 aromatic carbocycles. The van der Waals surface area contributed by atoms with E-state index in [4.69, 9.17) is 17.0 Å². The van der Waals surface area contributed by atoms with Crippen molar-refractivity contribution in [1.29, 1.82) is 0 Å². The number of hydrazine groups is 1. The molecule has 0 fully saturated rings. The fourth-order valence-corrected chi connectivity index (χ4v) is 1.33. The van der Waals surface area contributed by atoms with E-state index in [1.807, 2.05) is 20.8 Å². The van der Waals surface area contributed by atoms with Crippen molar-refractivity contribution in [3.05, 3.63) is 0 Å². The van der Waals surface area contributed by atoms with E-state index in [0.717, 1.165) is 6.42 Å². The molecular weight excluding hydrogens is 164 g/mol. The molecule has 0 saturated carbocycles. The first-order chi connectivity index (χ1) is 6.08. The molecular formula is C10H20N2O. The summed E-state index contributed by atoms with van der Waals surface area (Å²) in [6.45, 7) is 6.67. The van der Waals surface area contributed by atoms with E-state index < -0.39 is 0 Å². The highest BCUT2D eigenvalue weighted by Crippen LogP contribution is 2.17. The lowest BCUT2D eigenvalue weighted by molar-refractivity contribution is -0.0397. The van der Waals surface area contributed by atoms with Gasteiger partial charge in [0.15, 0.2) is 0 Å². The van der Waals surface area contributed by atoms with Gasteiger partial charge in [-0.15, -0.1) is 12.3 Å². The smallest absolute Gasteiger partial charge is 0.0792 e. The topological polar surface area (TPSA) is 47.3 Å². The minimum Gasteiger partial charge on any atom is -0.374 e. The van der Waals surface area contributed by atoms with Crippen molar-refractivity contribution in [1.82, 2.24) is 5.43 Å². The molecule has 0 heterocycles. The van der Waals surface area contributed by atoms with E-state index in [1.165, 1.54) is 0 Å². The van der Waals surface area contributed by atoms with Crippen LogP contribution in [0.5, 0.6) is 0 Å². The van der Waals surface area contributed by atoms with Crippen LogP contribution in [0, 0.1) is 12.3 Å². The van der Waals surface area contributed by atoms with Crippen LogP contribution in [0.4, 0.5) is 0 Å². The van der Waals surface area contributed by atoms with Crippen LogP contribution in [0.15, 0.2) is 0 Å². The Morgan fingerprint density at radius 3 is 2.62 bits per heavy atom. The molecule has 3 heteroatoms. The highest BCUT2D eigenvalue weighted by atomic mass is 16.5. The van der Waals surface area contributed by atoms with E-state index in [9.17, 15) is 0 Å². The van der Waals surface area contributed by atoms with Gasteiger partial charge in [-0.05, 0) is 27.2 Å². The van der Waals surface area contributed by atoms with Gasteiger partial charge in [-0.3, -0.25) is 11.3 Å². The SMILES string of the molecule is C#CCCC(NN)C(C)(C)OCC. The summed E-state index contributed by atoms with van der Waals surface area (Å²) in [6.07, 6.45) is 6.74. The maximum absolute atomic E-state index is 5.57. The van der Waals surface area contributed by atoms with Crippen molar-refractivity contribution in [2.75, 3.05) is 6.61 Å². The average Bonchev–Trinajstić information content (AvgIpc) is 2.05. The van der Waals surface area contributed by atoms with E-state index in [0.29, 0.717) is 13.0 Å². The molecule has 0 saturated heterocycles. The fourth-order valence-electron chi connectivity index (χ4n) is 1.33. The third-order valence-corrected chi connectivity index (χ3v) is 2.13. The van der Waals surface area contributed by atoms with Gasteiger partial charge in [0.1, 0.15) is 0 Å². The molecule has 1 atom stereocenters. The number of rotatable bonds is 6. The summed E-state index contributed by atoms with van der Waals surface area (Å²) in [5.41, 5.74) is 2.48. The van der Waals surface area contributed by atoms with E-state index in [1.54, 1.807) is 0 Å². The monoisotopic (exact) mass is 184 g/mol. The summed E-state index contributed by atoms with van der Waals surface area (Å²) in [4.78, 5) is 0. The number of ether oxygens (including phenoxy) is 1. The first kappa shape index (κ1) is 12.4. The van der Waals surface area contributed by atoms with Gasteiger partial charge in [0, 0.05) is 13.0 Å². The molecule has 0 spiro atoms. The van der Waals surface area contributed by atoms with Crippen molar-refractivity contribution in [3.8, 4) is 12.3 Å². The molecule has 0 amide bonds. The lowest BCUT2D eigenvalue weighted by atomic mass is 9.95. The van der Waals surface area contributed by atoms with Crippen molar-refractivity contribution in [3.63, 3.8) is 0 Å². The van der Waals surface area contributed by atoms with E-state index in [-0.39, 0.29) is 11.6 Å². The lowest BCUT2D eigenvalue weighted by Gasteiger charge is -2.33. The second-order valence-corrected chi connectivity index (χ2v) is 3.50. The zero-order chi connectivity index (χ0) is 10.3. The maximum Gasteiger partial charge on any atom is 0.0792 e. The summed E-state index contributed by atoms with van der Waals surface area (Å²) in [5.74, 6) is 8.03. The van der Waals surface area contributed by atoms with Crippen LogP contribution < -0.4 is 11.3 Å². The van der Waals surface area contributed by atoms with Gasteiger partial charge >= 0.3 is 0 Å². The number of nitrogens with two attached hydrogens (primary N) is 1. The Bertz CT molecular complexity index is 172. The van der Waals surface area contributed by atoms with Crippen LogP contribution in [0.3, 0.4) is 0 Å². The van der Waals surface area contributed by atoms with Gasteiger partial charge in [0.25, 0.3) is 0 Å². The molecule has 0 aliphatic heterocycles. The van der Waals surface area contributed by atoms with E-state index in [2.05, 4.69) is 11.3 Å². The maximum atomic E-state index is 5.57. The third kappa shape index (κ3) is 4.28. The van der Waals surface area contributed by atoms with Gasteiger partial charge < -0.3 is 4.74 Å². The Balaban J connectivity index is 4.12. The van der Waals surface area contributed by atoms with Gasteiger partial charge in [-0.25, -0.2) is 0 Å².